The van der Waals surface area contributed by atoms with E-state index in [1.165, 1.54) is 18.4 Å². The van der Waals surface area contributed by atoms with Crippen molar-refractivity contribution in [1.82, 2.24) is 20.4 Å². The van der Waals surface area contributed by atoms with Gasteiger partial charge in [0.05, 0.1) is 6.04 Å². The number of hydrogen-bond acceptors (Lipinski definition) is 4. The summed E-state index contributed by atoms with van der Waals surface area (Å²) in [5, 5.41) is 6.43. The highest BCUT2D eigenvalue weighted by Gasteiger charge is 2.29. The van der Waals surface area contributed by atoms with Gasteiger partial charge in [0.25, 0.3) is 0 Å². The molecule has 32 heavy (non-hydrogen) atoms. The first-order chi connectivity index (χ1) is 15.3. The fourth-order valence-electron chi connectivity index (χ4n) is 4.88. The van der Waals surface area contributed by atoms with Crippen molar-refractivity contribution in [3.05, 3.63) is 35.4 Å². The van der Waals surface area contributed by atoms with E-state index in [0.717, 1.165) is 50.6 Å². The third-order valence-electron chi connectivity index (χ3n) is 6.76. The van der Waals surface area contributed by atoms with E-state index in [4.69, 9.17) is 0 Å². The lowest BCUT2D eigenvalue weighted by atomic mass is 9.93. The minimum absolute atomic E-state index is 0.166. The highest BCUT2D eigenvalue weighted by molar-refractivity contribution is 6.35. The second kappa shape index (κ2) is 11.8. The molecule has 6 nitrogen and oxygen atoms in total. The van der Waals surface area contributed by atoms with Crippen LogP contribution in [0.5, 0.6) is 0 Å². The van der Waals surface area contributed by atoms with Gasteiger partial charge in [0.15, 0.2) is 0 Å². The van der Waals surface area contributed by atoms with E-state index in [-0.39, 0.29) is 12.0 Å². The molecule has 0 saturated carbocycles. The summed E-state index contributed by atoms with van der Waals surface area (Å²) >= 11 is 0. The lowest BCUT2D eigenvalue weighted by Crippen LogP contribution is -2.54. The standard InChI is InChI=1S/C26H42N4O2/c1-19(2)17-21-5-7-23(8-6-21)24(20(3)4)28-25(31)26(32)30-15-13-29(14-16-30)18-22-9-11-27-12-10-22/h5-8,19-20,22,24,27H,9-18H2,1-4H3,(H,28,31). The Labute approximate surface area is 194 Å². The average Bonchev–Trinajstić information content (AvgIpc) is 2.78. The molecule has 2 N–H and O–H groups in total. The summed E-state index contributed by atoms with van der Waals surface area (Å²) in [4.78, 5) is 29.8. The molecule has 2 heterocycles. The first-order valence-corrected chi connectivity index (χ1v) is 12.4. The molecule has 0 radical (unpaired) electrons. The number of nitrogens with one attached hydrogen (secondary N) is 2. The molecule has 2 amide bonds. The van der Waals surface area contributed by atoms with Gasteiger partial charge >= 0.3 is 11.8 Å². The molecular weight excluding hydrogens is 400 g/mol. The third-order valence-corrected chi connectivity index (χ3v) is 6.76. The zero-order valence-electron chi connectivity index (χ0n) is 20.4. The highest BCUT2D eigenvalue weighted by Crippen LogP contribution is 2.23. The second-order valence-corrected chi connectivity index (χ2v) is 10.3. The minimum Gasteiger partial charge on any atom is -0.341 e. The summed E-state index contributed by atoms with van der Waals surface area (Å²) in [6, 6.07) is 8.29. The maximum atomic E-state index is 12.8. The van der Waals surface area contributed by atoms with Gasteiger partial charge < -0.3 is 15.5 Å². The zero-order chi connectivity index (χ0) is 23.1. The molecule has 6 heteroatoms. The number of hydrogen-bond donors (Lipinski definition) is 2. The van der Waals surface area contributed by atoms with Crippen molar-refractivity contribution < 1.29 is 9.59 Å². The number of rotatable bonds is 7. The van der Waals surface area contributed by atoms with Crippen molar-refractivity contribution in [2.45, 2.75) is 53.0 Å². The lowest BCUT2D eigenvalue weighted by molar-refractivity contribution is -0.147. The van der Waals surface area contributed by atoms with Crippen LogP contribution in [0.4, 0.5) is 0 Å². The van der Waals surface area contributed by atoms with Crippen molar-refractivity contribution >= 4 is 11.8 Å². The smallest absolute Gasteiger partial charge is 0.311 e. The third kappa shape index (κ3) is 7.04. The maximum absolute atomic E-state index is 12.8. The zero-order valence-corrected chi connectivity index (χ0v) is 20.4. The van der Waals surface area contributed by atoms with Crippen molar-refractivity contribution in [1.29, 1.82) is 0 Å². The Kier molecular flexibility index (Phi) is 9.11. The molecule has 0 aromatic heterocycles. The Morgan fingerprint density at radius 1 is 1.00 bits per heavy atom. The molecular formula is C26H42N4O2. The number of carbonyl (C=O) groups is 2. The van der Waals surface area contributed by atoms with Crippen LogP contribution in [0.2, 0.25) is 0 Å². The van der Waals surface area contributed by atoms with Crippen LogP contribution < -0.4 is 10.6 Å². The molecule has 0 aliphatic carbocycles. The molecule has 0 bridgehead atoms. The van der Waals surface area contributed by atoms with Gasteiger partial charge in [0.1, 0.15) is 0 Å². The summed E-state index contributed by atoms with van der Waals surface area (Å²) in [5.74, 6) is 0.680. The minimum atomic E-state index is -0.484. The number of piperazine rings is 1. The number of nitrogens with zero attached hydrogens (tertiary/aromatic N) is 2. The average molecular weight is 443 g/mol. The summed E-state index contributed by atoms with van der Waals surface area (Å²) in [6.07, 6.45) is 3.51. The van der Waals surface area contributed by atoms with E-state index in [1.807, 2.05) is 0 Å². The first-order valence-electron chi connectivity index (χ1n) is 12.4. The van der Waals surface area contributed by atoms with Crippen molar-refractivity contribution in [2.24, 2.45) is 17.8 Å². The van der Waals surface area contributed by atoms with E-state index >= 15 is 0 Å². The van der Waals surface area contributed by atoms with E-state index in [9.17, 15) is 9.59 Å². The van der Waals surface area contributed by atoms with Crippen LogP contribution in [-0.2, 0) is 16.0 Å². The van der Waals surface area contributed by atoms with E-state index in [2.05, 4.69) is 67.5 Å². The Morgan fingerprint density at radius 3 is 2.19 bits per heavy atom. The van der Waals surface area contributed by atoms with Crippen LogP contribution >= 0.6 is 0 Å². The van der Waals surface area contributed by atoms with Gasteiger partial charge in [-0.05, 0) is 61.2 Å². The van der Waals surface area contributed by atoms with Gasteiger partial charge in [-0.3, -0.25) is 14.5 Å². The van der Waals surface area contributed by atoms with Crippen molar-refractivity contribution in [3.8, 4) is 0 Å². The van der Waals surface area contributed by atoms with E-state index < -0.39 is 11.8 Å². The summed E-state index contributed by atoms with van der Waals surface area (Å²) in [6.45, 7) is 14.9. The Balaban J connectivity index is 1.51. The van der Waals surface area contributed by atoms with Gasteiger partial charge in [-0.2, -0.15) is 0 Å². The largest absolute Gasteiger partial charge is 0.341 e. The number of benzene rings is 1. The molecule has 178 valence electrons. The molecule has 2 aliphatic heterocycles. The molecule has 2 aliphatic rings. The van der Waals surface area contributed by atoms with Crippen molar-refractivity contribution in [3.63, 3.8) is 0 Å². The molecule has 3 rings (SSSR count). The van der Waals surface area contributed by atoms with Gasteiger partial charge in [0.2, 0.25) is 0 Å². The first kappa shape index (κ1) is 24.7. The molecule has 1 aromatic rings. The van der Waals surface area contributed by atoms with Crippen LogP contribution in [0.25, 0.3) is 0 Å². The predicted molar refractivity (Wildman–Crippen MR) is 129 cm³/mol. The van der Waals surface area contributed by atoms with Crippen LogP contribution in [0.15, 0.2) is 24.3 Å². The fraction of sp³-hybridized carbons (Fsp3) is 0.692. The second-order valence-electron chi connectivity index (χ2n) is 10.3. The van der Waals surface area contributed by atoms with Crippen LogP contribution in [-0.4, -0.2) is 67.4 Å². The van der Waals surface area contributed by atoms with Crippen molar-refractivity contribution in [2.75, 3.05) is 45.8 Å². The summed E-state index contributed by atoms with van der Waals surface area (Å²) in [7, 11) is 0. The number of carbonyl (C=O) groups excluding carboxylic acids is 2. The van der Waals surface area contributed by atoms with Crippen LogP contribution in [0, 0.1) is 17.8 Å². The van der Waals surface area contributed by atoms with Gasteiger partial charge in [-0.1, -0.05) is 52.0 Å². The summed E-state index contributed by atoms with van der Waals surface area (Å²) < 4.78 is 0. The molecule has 1 atom stereocenters. The van der Waals surface area contributed by atoms with Crippen LogP contribution in [0.3, 0.4) is 0 Å². The quantitative estimate of drug-likeness (QED) is 0.638. The fourth-order valence-corrected chi connectivity index (χ4v) is 4.88. The molecule has 1 aromatic carbocycles. The van der Waals surface area contributed by atoms with Gasteiger partial charge in [-0.15, -0.1) is 0 Å². The molecule has 1 unspecified atom stereocenters. The predicted octanol–water partition coefficient (Wildman–Crippen LogP) is 2.84. The Hall–Kier alpha value is -1.92. The monoisotopic (exact) mass is 442 g/mol. The SMILES string of the molecule is CC(C)Cc1ccc(C(NC(=O)C(=O)N2CCN(CC3CCNCC3)CC2)C(C)C)cc1. The van der Waals surface area contributed by atoms with Gasteiger partial charge in [-0.25, -0.2) is 0 Å². The van der Waals surface area contributed by atoms with Gasteiger partial charge in [0, 0.05) is 32.7 Å². The number of amides is 2. The summed E-state index contributed by atoms with van der Waals surface area (Å²) in [5.41, 5.74) is 2.36. The molecule has 2 saturated heterocycles. The topological polar surface area (TPSA) is 64.7 Å². The normalized spacial score (nSPS) is 19.4. The highest BCUT2D eigenvalue weighted by atomic mass is 16.2. The maximum Gasteiger partial charge on any atom is 0.311 e. The Bertz CT molecular complexity index is 733. The molecule has 2 fully saturated rings. The molecule has 0 spiro atoms. The van der Waals surface area contributed by atoms with E-state index in [0.29, 0.717) is 19.0 Å². The number of piperidine rings is 1. The van der Waals surface area contributed by atoms with E-state index in [1.54, 1.807) is 4.90 Å². The van der Waals surface area contributed by atoms with Crippen LogP contribution in [0.1, 0.15) is 57.7 Å². The lowest BCUT2D eigenvalue weighted by Gasteiger charge is -2.37. The Morgan fingerprint density at radius 2 is 1.62 bits per heavy atom.